The van der Waals surface area contributed by atoms with Crippen LogP contribution in [0.3, 0.4) is 0 Å². The Hall–Kier alpha value is -1.50. The highest BCUT2D eigenvalue weighted by atomic mass is 32.1. The first-order valence-corrected chi connectivity index (χ1v) is 12.2. The van der Waals surface area contributed by atoms with Gasteiger partial charge in [0.2, 0.25) is 5.91 Å². The zero-order chi connectivity index (χ0) is 19.6. The van der Waals surface area contributed by atoms with Crippen LogP contribution in [0.25, 0.3) is 10.2 Å². The third kappa shape index (κ3) is 4.35. The van der Waals surface area contributed by atoms with Crippen molar-refractivity contribution in [3.8, 4) is 0 Å². The van der Waals surface area contributed by atoms with Gasteiger partial charge in [-0.2, -0.15) is 0 Å². The van der Waals surface area contributed by atoms with E-state index in [1.807, 2.05) is 0 Å². The van der Waals surface area contributed by atoms with E-state index in [0.29, 0.717) is 18.5 Å². The van der Waals surface area contributed by atoms with Crippen LogP contribution in [0.2, 0.25) is 0 Å². The summed E-state index contributed by atoms with van der Waals surface area (Å²) in [4.78, 5) is 24.9. The quantitative estimate of drug-likeness (QED) is 0.769. The number of piperidine rings is 1. The lowest BCUT2D eigenvalue weighted by atomic mass is 9.78. The highest BCUT2D eigenvalue weighted by Crippen LogP contribution is 2.35. The smallest absolute Gasteiger partial charge is 0.237 e. The summed E-state index contributed by atoms with van der Waals surface area (Å²) in [6.07, 6.45) is 7.75. The molecular formula is C23H32N4OS. The van der Waals surface area contributed by atoms with E-state index >= 15 is 0 Å². The molecule has 3 heterocycles. The molecule has 0 unspecified atom stereocenters. The van der Waals surface area contributed by atoms with Gasteiger partial charge < -0.3 is 4.90 Å². The van der Waals surface area contributed by atoms with E-state index in [1.165, 1.54) is 48.2 Å². The molecule has 0 bridgehead atoms. The van der Waals surface area contributed by atoms with Crippen molar-refractivity contribution in [3.63, 3.8) is 0 Å². The molecule has 1 amide bonds. The molecule has 6 heteroatoms. The van der Waals surface area contributed by atoms with Gasteiger partial charge in [0.25, 0.3) is 0 Å². The second-order valence-electron chi connectivity index (χ2n) is 8.97. The van der Waals surface area contributed by atoms with E-state index in [-0.39, 0.29) is 0 Å². The van der Waals surface area contributed by atoms with Crippen molar-refractivity contribution in [1.29, 1.82) is 0 Å². The van der Waals surface area contributed by atoms with Crippen LogP contribution in [0.5, 0.6) is 0 Å². The zero-order valence-corrected chi connectivity index (χ0v) is 18.1. The van der Waals surface area contributed by atoms with Crippen LogP contribution in [0, 0.1) is 5.92 Å². The average molecular weight is 413 g/mol. The third-order valence-corrected chi connectivity index (χ3v) is 8.11. The molecule has 2 aliphatic heterocycles. The third-order valence-electron chi connectivity index (χ3n) is 7.08. The van der Waals surface area contributed by atoms with E-state index in [4.69, 9.17) is 4.98 Å². The maximum absolute atomic E-state index is 13.1. The SMILES string of the molecule is O=C(CN1CCN(Cc2nc3ccccc3s2)CC1)N1CCC[C@@H]2CCCC[C@@H]21. The summed E-state index contributed by atoms with van der Waals surface area (Å²) in [5.41, 5.74) is 1.11. The largest absolute Gasteiger partial charge is 0.338 e. The zero-order valence-electron chi connectivity index (χ0n) is 17.3. The summed E-state index contributed by atoms with van der Waals surface area (Å²) in [6.45, 7) is 6.54. The molecule has 2 saturated heterocycles. The fraction of sp³-hybridized carbons (Fsp3) is 0.652. The Morgan fingerprint density at radius 1 is 0.966 bits per heavy atom. The predicted octanol–water partition coefficient (Wildman–Crippen LogP) is 3.60. The number of thiazole rings is 1. The summed E-state index contributed by atoms with van der Waals surface area (Å²) in [5.74, 6) is 1.15. The molecule has 29 heavy (non-hydrogen) atoms. The molecule has 156 valence electrons. The van der Waals surface area contributed by atoms with Gasteiger partial charge in [-0.15, -0.1) is 11.3 Å². The molecule has 3 fully saturated rings. The van der Waals surface area contributed by atoms with Crippen LogP contribution >= 0.6 is 11.3 Å². The topological polar surface area (TPSA) is 39.7 Å². The standard InChI is InChI=1S/C23H32N4OS/c28-23(27-11-5-7-18-6-1-3-9-20(18)27)17-26-14-12-25(13-15-26)16-22-24-19-8-2-4-10-21(19)29-22/h2,4,8,10,18,20H,1,3,5-7,9,11-17H2/t18-,20-/m0/s1. The summed E-state index contributed by atoms with van der Waals surface area (Å²) >= 11 is 1.80. The molecule has 1 aromatic heterocycles. The molecule has 5 rings (SSSR count). The molecule has 0 radical (unpaired) electrons. The molecule has 3 aliphatic rings. The van der Waals surface area contributed by atoms with Gasteiger partial charge in [0.05, 0.1) is 23.3 Å². The number of carbonyl (C=O) groups excluding carboxylic acids is 1. The summed E-state index contributed by atoms with van der Waals surface area (Å²) in [6, 6.07) is 8.91. The van der Waals surface area contributed by atoms with Crippen molar-refractivity contribution in [2.45, 2.75) is 51.1 Å². The molecule has 0 spiro atoms. The summed E-state index contributed by atoms with van der Waals surface area (Å²) < 4.78 is 1.27. The Kier molecular flexibility index (Phi) is 5.84. The van der Waals surface area contributed by atoms with Gasteiger partial charge in [-0.1, -0.05) is 25.0 Å². The molecule has 2 atom stereocenters. The van der Waals surface area contributed by atoms with Crippen molar-refractivity contribution in [2.75, 3.05) is 39.3 Å². The number of piperazine rings is 1. The molecule has 1 saturated carbocycles. The van der Waals surface area contributed by atoms with E-state index in [1.54, 1.807) is 11.3 Å². The maximum atomic E-state index is 13.1. The first-order valence-electron chi connectivity index (χ1n) is 11.3. The summed E-state index contributed by atoms with van der Waals surface area (Å²) in [7, 11) is 0. The Morgan fingerprint density at radius 2 is 1.72 bits per heavy atom. The number of hydrogen-bond donors (Lipinski definition) is 0. The molecule has 5 nitrogen and oxygen atoms in total. The number of rotatable bonds is 4. The number of hydrogen-bond acceptors (Lipinski definition) is 5. The van der Waals surface area contributed by atoms with Crippen LogP contribution in [-0.2, 0) is 11.3 Å². The van der Waals surface area contributed by atoms with Gasteiger partial charge in [0.1, 0.15) is 5.01 Å². The number of fused-ring (bicyclic) bond motifs is 2. The minimum absolute atomic E-state index is 0.376. The highest BCUT2D eigenvalue weighted by Gasteiger charge is 2.36. The number of para-hydroxylation sites is 1. The van der Waals surface area contributed by atoms with Crippen molar-refractivity contribution in [1.82, 2.24) is 19.7 Å². The van der Waals surface area contributed by atoms with Crippen LogP contribution in [0.1, 0.15) is 43.5 Å². The van der Waals surface area contributed by atoms with Crippen molar-refractivity contribution < 1.29 is 4.79 Å². The van der Waals surface area contributed by atoms with Crippen LogP contribution in [0.4, 0.5) is 0 Å². The number of benzene rings is 1. The van der Waals surface area contributed by atoms with Gasteiger partial charge in [0.15, 0.2) is 0 Å². The van der Waals surface area contributed by atoms with Gasteiger partial charge in [-0.3, -0.25) is 14.6 Å². The Balaban J connectivity index is 1.12. The predicted molar refractivity (Wildman–Crippen MR) is 118 cm³/mol. The van der Waals surface area contributed by atoms with Gasteiger partial charge in [0, 0.05) is 38.8 Å². The fourth-order valence-electron chi connectivity index (χ4n) is 5.50. The monoisotopic (exact) mass is 412 g/mol. The molecule has 2 aromatic rings. The number of aromatic nitrogens is 1. The van der Waals surface area contributed by atoms with Gasteiger partial charge in [-0.25, -0.2) is 4.98 Å². The molecule has 1 aromatic carbocycles. The lowest BCUT2D eigenvalue weighted by molar-refractivity contribution is -0.139. The van der Waals surface area contributed by atoms with Crippen molar-refractivity contribution >= 4 is 27.5 Å². The Labute approximate surface area is 177 Å². The van der Waals surface area contributed by atoms with Gasteiger partial charge >= 0.3 is 0 Å². The molecule has 0 N–H and O–H groups in total. The van der Waals surface area contributed by atoms with Gasteiger partial charge in [-0.05, 0) is 43.7 Å². The summed E-state index contributed by atoms with van der Waals surface area (Å²) in [5, 5.41) is 1.20. The van der Waals surface area contributed by atoms with Crippen molar-refractivity contribution in [3.05, 3.63) is 29.3 Å². The van der Waals surface area contributed by atoms with E-state index in [2.05, 4.69) is 39.0 Å². The van der Waals surface area contributed by atoms with E-state index < -0.39 is 0 Å². The number of likely N-dealkylation sites (tertiary alicyclic amines) is 1. The lowest BCUT2D eigenvalue weighted by Crippen LogP contribution is -2.54. The Morgan fingerprint density at radius 3 is 2.59 bits per heavy atom. The minimum atomic E-state index is 0.376. The normalized spacial score (nSPS) is 26.6. The van der Waals surface area contributed by atoms with Crippen LogP contribution in [-0.4, -0.2) is 70.9 Å². The second-order valence-corrected chi connectivity index (χ2v) is 10.1. The van der Waals surface area contributed by atoms with Crippen LogP contribution < -0.4 is 0 Å². The fourth-order valence-corrected chi connectivity index (χ4v) is 6.51. The second kappa shape index (κ2) is 8.70. The Bertz CT molecular complexity index is 809. The number of amides is 1. The average Bonchev–Trinajstić information content (AvgIpc) is 3.17. The van der Waals surface area contributed by atoms with Crippen LogP contribution in [0.15, 0.2) is 24.3 Å². The maximum Gasteiger partial charge on any atom is 0.237 e. The van der Waals surface area contributed by atoms with E-state index in [0.717, 1.165) is 50.7 Å². The first kappa shape index (κ1) is 19.5. The molecule has 1 aliphatic carbocycles. The number of nitrogens with zero attached hydrogens (tertiary/aromatic N) is 4. The number of carbonyl (C=O) groups is 1. The highest BCUT2D eigenvalue weighted by molar-refractivity contribution is 7.18. The van der Waals surface area contributed by atoms with Crippen molar-refractivity contribution in [2.24, 2.45) is 5.92 Å². The first-order chi connectivity index (χ1) is 14.3. The minimum Gasteiger partial charge on any atom is -0.338 e. The lowest BCUT2D eigenvalue weighted by Gasteiger charge is -2.45. The van der Waals surface area contributed by atoms with E-state index in [9.17, 15) is 4.79 Å². The molecular weight excluding hydrogens is 380 g/mol.